The summed E-state index contributed by atoms with van der Waals surface area (Å²) in [5.41, 5.74) is 5.57. The molecule has 0 spiro atoms. The summed E-state index contributed by atoms with van der Waals surface area (Å²) in [6, 6.07) is 16.8. The lowest BCUT2D eigenvalue weighted by Crippen LogP contribution is -1.94. The zero-order valence-corrected chi connectivity index (χ0v) is 15.0. The SMILES string of the molecule is Cc1ccc(C)c(C2CC2)c1F.Cc1ccc(C)c2ccccc12. The summed E-state index contributed by atoms with van der Waals surface area (Å²) in [7, 11) is 0. The maximum absolute atomic E-state index is 13.6. The number of hydrogen-bond acceptors (Lipinski definition) is 0. The Morgan fingerprint density at radius 3 is 1.62 bits per heavy atom. The van der Waals surface area contributed by atoms with Crippen LogP contribution >= 0.6 is 0 Å². The van der Waals surface area contributed by atoms with Gasteiger partial charge in [0, 0.05) is 0 Å². The standard InChI is InChI=1S/C12H12.C11H13F/c1-9-7-8-10(2)12-6-4-3-5-11(9)12;1-7-3-4-8(2)11(12)10(7)9-5-6-9/h3-8H,1-2H3;3-4,9H,5-6H2,1-2H3. The van der Waals surface area contributed by atoms with Crippen molar-refractivity contribution in [1.82, 2.24) is 0 Å². The van der Waals surface area contributed by atoms with E-state index in [9.17, 15) is 4.39 Å². The molecule has 0 aromatic heterocycles. The van der Waals surface area contributed by atoms with E-state index in [1.807, 2.05) is 26.0 Å². The molecular formula is C23H25F. The van der Waals surface area contributed by atoms with Gasteiger partial charge in [-0.1, -0.05) is 48.5 Å². The lowest BCUT2D eigenvalue weighted by Gasteiger charge is -2.07. The molecular weight excluding hydrogens is 295 g/mol. The summed E-state index contributed by atoms with van der Waals surface area (Å²) in [6.45, 7) is 8.14. The molecule has 3 aromatic carbocycles. The summed E-state index contributed by atoms with van der Waals surface area (Å²) in [4.78, 5) is 0. The van der Waals surface area contributed by atoms with E-state index in [-0.39, 0.29) is 5.82 Å². The molecule has 24 heavy (non-hydrogen) atoms. The number of halogens is 1. The summed E-state index contributed by atoms with van der Waals surface area (Å²) in [6.07, 6.45) is 2.34. The Bertz CT molecular complexity index is 832. The van der Waals surface area contributed by atoms with Crippen molar-refractivity contribution in [3.63, 3.8) is 0 Å². The maximum atomic E-state index is 13.6. The second-order valence-electron chi connectivity index (χ2n) is 6.95. The lowest BCUT2D eigenvalue weighted by molar-refractivity contribution is 0.600. The first-order valence-electron chi connectivity index (χ1n) is 8.69. The smallest absolute Gasteiger partial charge is 0.129 e. The van der Waals surface area contributed by atoms with Crippen LogP contribution in [-0.2, 0) is 0 Å². The van der Waals surface area contributed by atoms with E-state index in [1.54, 1.807) is 0 Å². The van der Waals surface area contributed by atoms with E-state index in [0.717, 1.165) is 16.7 Å². The van der Waals surface area contributed by atoms with Crippen LogP contribution in [0.1, 0.15) is 46.6 Å². The average Bonchev–Trinajstić information content (AvgIpc) is 3.41. The molecule has 1 saturated carbocycles. The van der Waals surface area contributed by atoms with E-state index >= 15 is 0 Å². The molecule has 0 amide bonds. The minimum atomic E-state index is 0.0255. The molecule has 1 heteroatoms. The second kappa shape index (κ2) is 6.76. The molecule has 1 aliphatic carbocycles. The van der Waals surface area contributed by atoms with Gasteiger partial charge in [0.2, 0.25) is 0 Å². The molecule has 3 aromatic rings. The third-order valence-electron chi connectivity index (χ3n) is 4.94. The van der Waals surface area contributed by atoms with Gasteiger partial charge in [0.25, 0.3) is 0 Å². The maximum Gasteiger partial charge on any atom is 0.129 e. The molecule has 1 fully saturated rings. The van der Waals surface area contributed by atoms with Gasteiger partial charge in [-0.2, -0.15) is 0 Å². The predicted octanol–water partition coefficient (Wildman–Crippen LogP) is 6.78. The molecule has 0 N–H and O–H groups in total. The van der Waals surface area contributed by atoms with Crippen LogP contribution in [0.2, 0.25) is 0 Å². The quantitative estimate of drug-likeness (QED) is 0.464. The minimum Gasteiger partial charge on any atom is -0.206 e. The Morgan fingerprint density at radius 1 is 0.667 bits per heavy atom. The zero-order valence-electron chi connectivity index (χ0n) is 15.0. The van der Waals surface area contributed by atoms with Gasteiger partial charge in [-0.3, -0.25) is 0 Å². The van der Waals surface area contributed by atoms with Crippen molar-refractivity contribution >= 4 is 10.8 Å². The fourth-order valence-corrected chi connectivity index (χ4v) is 3.27. The van der Waals surface area contributed by atoms with Gasteiger partial charge in [-0.05, 0) is 85.0 Å². The predicted molar refractivity (Wildman–Crippen MR) is 101 cm³/mol. The average molecular weight is 320 g/mol. The van der Waals surface area contributed by atoms with Gasteiger partial charge in [-0.15, -0.1) is 0 Å². The van der Waals surface area contributed by atoms with Crippen molar-refractivity contribution in [3.05, 3.63) is 82.2 Å². The molecule has 0 radical (unpaired) electrons. The van der Waals surface area contributed by atoms with Gasteiger partial charge < -0.3 is 0 Å². The molecule has 0 aliphatic heterocycles. The van der Waals surface area contributed by atoms with Crippen molar-refractivity contribution in [3.8, 4) is 0 Å². The lowest BCUT2D eigenvalue weighted by atomic mass is 10.0. The Balaban J connectivity index is 0.000000141. The molecule has 0 saturated heterocycles. The fraction of sp³-hybridized carbons (Fsp3) is 0.304. The Hall–Kier alpha value is -2.15. The molecule has 0 bridgehead atoms. The fourth-order valence-electron chi connectivity index (χ4n) is 3.27. The molecule has 124 valence electrons. The molecule has 4 rings (SSSR count). The van der Waals surface area contributed by atoms with Crippen LogP contribution in [0.4, 0.5) is 4.39 Å². The van der Waals surface area contributed by atoms with Crippen LogP contribution in [0.5, 0.6) is 0 Å². The second-order valence-corrected chi connectivity index (χ2v) is 6.95. The van der Waals surface area contributed by atoms with Crippen LogP contribution in [0, 0.1) is 33.5 Å². The highest BCUT2D eigenvalue weighted by atomic mass is 19.1. The molecule has 0 unspecified atom stereocenters. The van der Waals surface area contributed by atoms with E-state index in [2.05, 4.69) is 50.2 Å². The Morgan fingerprint density at radius 2 is 1.12 bits per heavy atom. The van der Waals surface area contributed by atoms with Crippen molar-refractivity contribution in [2.45, 2.75) is 46.5 Å². The summed E-state index contributed by atoms with van der Waals surface area (Å²) < 4.78 is 13.6. The minimum absolute atomic E-state index is 0.0255. The first kappa shape index (κ1) is 16.7. The van der Waals surface area contributed by atoms with Crippen LogP contribution in [0.3, 0.4) is 0 Å². The number of rotatable bonds is 1. The highest BCUT2D eigenvalue weighted by Gasteiger charge is 2.28. The normalized spacial score (nSPS) is 13.5. The van der Waals surface area contributed by atoms with Gasteiger partial charge in [-0.25, -0.2) is 4.39 Å². The van der Waals surface area contributed by atoms with Gasteiger partial charge in [0.15, 0.2) is 0 Å². The van der Waals surface area contributed by atoms with Crippen molar-refractivity contribution in [1.29, 1.82) is 0 Å². The molecule has 1 aliphatic rings. The van der Waals surface area contributed by atoms with Crippen molar-refractivity contribution < 1.29 is 4.39 Å². The van der Waals surface area contributed by atoms with Gasteiger partial charge >= 0.3 is 0 Å². The zero-order chi connectivity index (χ0) is 17.3. The topological polar surface area (TPSA) is 0 Å². The van der Waals surface area contributed by atoms with E-state index in [0.29, 0.717) is 5.92 Å². The molecule has 0 nitrogen and oxygen atoms in total. The summed E-state index contributed by atoms with van der Waals surface area (Å²) in [5.74, 6) is 0.544. The molecule has 0 heterocycles. The Labute approximate surface area is 144 Å². The Kier molecular flexibility index (Phi) is 4.71. The number of benzene rings is 3. The summed E-state index contributed by atoms with van der Waals surface area (Å²) in [5, 5.41) is 2.75. The van der Waals surface area contributed by atoms with Crippen LogP contribution in [0.25, 0.3) is 10.8 Å². The third-order valence-corrected chi connectivity index (χ3v) is 4.94. The first-order chi connectivity index (χ1) is 11.5. The van der Waals surface area contributed by atoms with E-state index in [4.69, 9.17) is 0 Å². The monoisotopic (exact) mass is 320 g/mol. The van der Waals surface area contributed by atoms with E-state index in [1.165, 1.54) is 34.7 Å². The summed E-state index contributed by atoms with van der Waals surface area (Å²) >= 11 is 0. The first-order valence-corrected chi connectivity index (χ1v) is 8.69. The van der Waals surface area contributed by atoms with E-state index < -0.39 is 0 Å². The highest BCUT2D eigenvalue weighted by Crippen LogP contribution is 2.43. The van der Waals surface area contributed by atoms with Gasteiger partial charge in [0.05, 0.1) is 0 Å². The largest absolute Gasteiger partial charge is 0.206 e. The van der Waals surface area contributed by atoms with Crippen molar-refractivity contribution in [2.24, 2.45) is 0 Å². The third kappa shape index (κ3) is 3.36. The highest BCUT2D eigenvalue weighted by molar-refractivity contribution is 5.88. The molecule has 0 atom stereocenters. The van der Waals surface area contributed by atoms with Crippen molar-refractivity contribution in [2.75, 3.05) is 0 Å². The van der Waals surface area contributed by atoms with Crippen LogP contribution in [-0.4, -0.2) is 0 Å². The van der Waals surface area contributed by atoms with Crippen LogP contribution in [0.15, 0.2) is 48.5 Å². The number of aryl methyl sites for hydroxylation is 4. The number of fused-ring (bicyclic) bond motifs is 1. The van der Waals surface area contributed by atoms with Gasteiger partial charge in [0.1, 0.15) is 5.82 Å². The number of hydrogen-bond donors (Lipinski definition) is 0. The van der Waals surface area contributed by atoms with Crippen LogP contribution < -0.4 is 0 Å².